The molecule has 1 amide bonds. The van der Waals surface area contributed by atoms with Crippen LogP contribution in [0, 0.1) is 0 Å². The zero-order chi connectivity index (χ0) is 25.3. The van der Waals surface area contributed by atoms with Crippen molar-refractivity contribution in [1.29, 1.82) is 0 Å². The number of nitrogens with one attached hydrogen (secondary N) is 1. The van der Waals surface area contributed by atoms with Gasteiger partial charge in [-0.15, -0.1) is 0 Å². The molecule has 0 fully saturated rings. The van der Waals surface area contributed by atoms with E-state index in [1.165, 1.54) is 30.3 Å². The summed E-state index contributed by atoms with van der Waals surface area (Å²) in [7, 11) is 0. The van der Waals surface area contributed by atoms with E-state index in [4.69, 9.17) is 21.2 Å². The maximum Gasteiger partial charge on any atom is 0.435 e. The smallest absolute Gasteiger partial charge is 0.435 e. The van der Waals surface area contributed by atoms with Crippen molar-refractivity contribution >= 4 is 74.3 Å². The fourth-order valence-electron chi connectivity index (χ4n) is 3.42. The molecular formula is C23H22ClF3I2N2O3. The topological polar surface area (TPSA) is 59.9 Å². The van der Waals surface area contributed by atoms with Gasteiger partial charge in [0.15, 0.2) is 0 Å². The fourth-order valence-corrected chi connectivity index (χ4v) is 4.47. The van der Waals surface area contributed by atoms with Crippen LogP contribution in [-0.2, 0) is 24.0 Å². The first kappa shape index (κ1) is 27.3. The summed E-state index contributed by atoms with van der Waals surface area (Å²) in [5.41, 5.74) is -1.13. The van der Waals surface area contributed by atoms with E-state index in [0.29, 0.717) is 14.4 Å². The Morgan fingerprint density at radius 3 is 2.29 bits per heavy atom. The third-order valence-corrected chi connectivity index (χ3v) is 7.04. The Balaban J connectivity index is 1.95. The van der Waals surface area contributed by atoms with Crippen LogP contribution in [0.2, 0.25) is 5.02 Å². The molecule has 2 aromatic rings. The summed E-state index contributed by atoms with van der Waals surface area (Å²) >= 11 is 10.4. The van der Waals surface area contributed by atoms with Crippen LogP contribution in [-0.4, -0.2) is 23.6 Å². The molecule has 184 valence electrons. The number of anilines is 1. The lowest BCUT2D eigenvalue weighted by Crippen LogP contribution is -2.42. The molecule has 0 aromatic heterocycles. The molecule has 1 aliphatic rings. The van der Waals surface area contributed by atoms with Gasteiger partial charge in [0.25, 0.3) is 5.60 Å². The van der Waals surface area contributed by atoms with Crippen molar-refractivity contribution in [3.63, 3.8) is 0 Å². The summed E-state index contributed by atoms with van der Waals surface area (Å²) < 4.78 is 49.7. The first-order chi connectivity index (χ1) is 15.8. The summed E-state index contributed by atoms with van der Waals surface area (Å²) in [4.78, 5) is 17.3. The standard InChI is InChI=1S/C23H22ClF3I2N2O3/c1-21(2,3)33-20(32)30-18-9-15(4-5-17(18)24)19-10-22(34-31-19,23(25,26)27)16-7-13(11-28)6-14(8-16)12-29/h4-9H,10-12H2,1-3H3,(H,30,32). The summed E-state index contributed by atoms with van der Waals surface area (Å²) in [5, 5.41) is 6.57. The van der Waals surface area contributed by atoms with Gasteiger partial charge in [-0.05, 0) is 44.0 Å². The van der Waals surface area contributed by atoms with Gasteiger partial charge in [0, 0.05) is 26.4 Å². The number of nitrogens with zero attached hydrogens (tertiary/aromatic N) is 1. The van der Waals surface area contributed by atoms with Crippen molar-refractivity contribution < 1.29 is 27.5 Å². The number of carbonyl (C=O) groups excluding carboxylic acids is 1. The molecule has 2 aromatic carbocycles. The summed E-state index contributed by atoms with van der Waals surface area (Å²) in [6.45, 7) is 5.13. The van der Waals surface area contributed by atoms with E-state index < -0.39 is 29.9 Å². The average Bonchev–Trinajstić information content (AvgIpc) is 3.20. The van der Waals surface area contributed by atoms with Gasteiger partial charge < -0.3 is 9.57 Å². The predicted molar refractivity (Wildman–Crippen MR) is 143 cm³/mol. The molecule has 0 saturated carbocycles. The van der Waals surface area contributed by atoms with Crippen molar-refractivity contribution in [3.8, 4) is 0 Å². The number of oxime groups is 1. The zero-order valence-electron chi connectivity index (χ0n) is 18.5. The first-order valence-electron chi connectivity index (χ1n) is 10.1. The van der Waals surface area contributed by atoms with Crippen molar-refractivity contribution in [1.82, 2.24) is 0 Å². The van der Waals surface area contributed by atoms with Crippen LogP contribution < -0.4 is 5.32 Å². The number of alkyl halides is 5. The molecule has 34 heavy (non-hydrogen) atoms. The molecule has 1 aliphatic heterocycles. The van der Waals surface area contributed by atoms with Gasteiger partial charge in [0.2, 0.25) is 0 Å². The van der Waals surface area contributed by atoms with E-state index >= 15 is 0 Å². The first-order valence-corrected chi connectivity index (χ1v) is 13.6. The highest BCUT2D eigenvalue weighted by atomic mass is 127. The van der Waals surface area contributed by atoms with Crippen LogP contribution in [0.5, 0.6) is 0 Å². The molecule has 1 unspecified atom stereocenters. The SMILES string of the molecule is CC(C)(C)OC(=O)Nc1cc(C2=NOC(c3cc(CI)cc(CI)c3)(C(F)(F)F)C2)ccc1Cl. The van der Waals surface area contributed by atoms with E-state index in [0.717, 1.165) is 11.1 Å². The van der Waals surface area contributed by atoms with Crippen molar-refractivity contribution in [2.75, 3.05) is 5.32 Å². The van der Waals surface area contributed by atoms with E-state index in [1.807, 2.05) is 6.07 Å². The number of benzene rings is 2. The second-order valence-electron chi connectivity index (χ2n) is 8.76. The molecule has 0 aliphatic carbocycles. The Hall–Kier alpha value is -1.28. The highest BCUT2D eigenvalue weighted by Crippen LogP contribution is 2.49. The van der Waals surface area contributed by atoms with Gasteiger partial charge in [-0.3, -0.25) is 5.32 Å². The summed E-state index contributed by atoms with van der Waals surface area (Å²) in [5.74, 6) is 0. The highest BCUT2D eigenvalue weighted by Gasteiger charge is 2.62. The number of carbonyl (C=O) groups is 1. The number of hydrogen-bond acceptors (Lipinski definition) is 4. The van der Waals surface area contributed by atoms with E-state index in [9.17, 15) is 18.0 Å². The van der Waals surface area contributed by atoms with Crippen LogP contribution in [0.25, 0.3) is 0 Å². The third kappa shape index (κ3) is 6.10. The second-order valence-corrected chi connectivity index (χ2v) is 10.7. The highest BCUT2D eigenvalue weighted by molar-refractivity contribution is 14.1. The molecule has 0 bridgehead atoms. The summed E-state index contributed by atoms with van der Waals surface area (Å²) in [6, 6.07) is 9.39. The molecule has 5 nitrogen and oxygen atoms in total. The second kappa shape index (κ2) is 10.4. The Morgan fingerprint density at radius 1 is 1.15 bits per heavy atom. The predicted octanol–water partition coefficient (Wildman–Crippen LogP) is 8.14. The minimum Gasteiger partial charge on any atom is -0.444 e. The average molecular weight is 721 g/mol. The maximum absolute atomic E-state index is 14.4. The molecule has 0 radical (unpaired) electrons. The number of rotatable bonds is 5. The Kier molecular flexibility index (Phi) is 8.33. The van der Waals surface area contributed by atoms with Crippen molar-refractivity contribution in [2.24, 2.45) is 5.16 Å². The van der Waals surface area contributed by atoms with Crippen molar-refractivity contribution in [3.05, 3.63) is 63.7 Å². The number of hydrogen-bond donors (Lipinski definition) is 1. The van der Waals surface area contributed by atoms with Gasteiger partial charge in [-0.2, -0.15) is 13.2 Å². The van der Waals surface area contributed by atoms with Crippen LogP contribution in [0.1, 0.15) is 49.4 Å². The molecular weight excluding hydrogens is 699 g/mol. The zero-order valence-corrected chi connectivity index (χ0v) is 23.6. The number of amides is 1. The van der Waals surface area contributed by atoms with Gasteiger partial charge in [0.05, 0.1) is 16.4 Å². The quantitative estimate of drug-likeness (QED) is 0.251. The van der Waals surface area contributed by atoms with E-state index in [2.05, 4.69) is 55.7 Å². The molecule has 3 rings (SSSR count). The Morgan fingerprint density at radius 2 is 1.76 bits per heavy atom. The van der Waals surface area contributed by atoms with E-state index in [-0.39, 0.29) is 22.0 Å². The lowest BCUT2D eigenvalue weighted by Gasteiger charge is -2.30. The normalized spacial score (nSPS) is 18.3. The largest absolute Gasteiger partial charge is 0.444 e. The molecule has 1 atom stereocenters. The van der Waals surface area contributed by atoms with Gasteiger partial charge in [-0.25, -0.2) is 4.79 Å². The molecule has 0 saturated heterocycles. The number of halogens is 6. The van der Waals surface area contributed by atoms with Crippen LogP contribution in [0.15, 0.2) is 41.6 Å². The Bertz CT molecular complexity index is 1100. The third-order valence-electron chi connectivity index (χ3n) is 4.95. The lowest BCUT2D eigenvalue weighted by molar-refractivity contribution is -0.275. The molecule has 1 N–H and O–H groups in total. The van der Waals surface area contributed by atoms with Crippen LogP contribution in [0.4, 0.5) is 23.7 Å². The lowest BCUT2D eigenvalue weighted by atomic mass is 9.85. The van der Waals surface area contributed by atoms with Gasteiger partial charge >= 0.3 is 12.3 Å². The van der Waals surface area contributed by atoms with Crippen LogP contribution >= 0.6 is 56.8 Å². The fraction of sp³-hybridized carbons (Fsp3) is 0.391. The monoisotopic (exact) mass is 720 g/mol. The van der Waals surface area contributed by atoms with E-state index in [1.54, 1.807) is 20.8 Å². The minimum absolute atomic E-state index is 0.0145. The van der Waals surface area contributed by atoms with Crippen LogP contribution in [0.3, 0.4) is 0 Å². The molecule has 1 heterocycles. The Labute approximate surface area is 228 Å². The van der Waals surface area contributed by atoms with Gasteiger partial charge in [-0.1, -0.05) is 86.2 Å². The maximum atomic E-state index is 14.4. The summed E-state index contributed by atoms with van der Waals surface area (Å²) in [6.07, 6.45) is -5.97. The minimum atomic E-state index is -4.71. The van der Waals surface area contributed by atoms with Gasteiger partial charge in [0.1, 0.15) is 5.60 Å². The number of ether oxygens (including phenoxy) is 1. The molecule has 0 spiro atoms. The molecule has 11 heteroatoms. The van der Waals surface area contributed by atoms with Crippen molar-refractivity contribution in [2.45, 2.75) is 53.4 Å².